The average Bonchev–Trinajstić information content (AvgIpc) is 0.759. The molecule has 0 unspecified atom stereocenters. The van der Waals surface area contributed by atoms with E-state index in [2.05, 4.69) is 238 Å². The van der Waals surface area contributed by atoms with Crippen molar-refractivity contribution in [1.29, 1.82) is 0 Å². The SMILES string of the molecule is Cc1ccc(CNc2ccnc3ccccc23)cc1.Fc1ccc(CNc2ccnc3cc(Cl)ccc23)cc1.Fc1ccc([NH2+]c2c3ccccc3nc3ccccc23)cc1.Nc1ccc2cc3ccccc3cc2c1.Nc1cccc2cc3ccccc3cc12.[Cl-].c1ccc2cc3ccccc3cc2c1.c1ccc2nc3ccccc3cc2c1. The molecule has 13 heteroatoms. The summed E-state index contributed by atoms with van der Waals surface area (Å²) in [7, 11) is 0. The van der Waals surface area contributed by atoms with Gasteiger partial charge in [0, 0.05) is 92.3 Å². The number of nitrogens with one attached hydrogen (secondary N) is 2. The fourth-order valence-corrected chi connectivity index (χ4v) is 14.7. The molecule has 0 aliphatic heterocycles. The molecule has 22 aromatic rings. The van der Waals surface area contributed by atoms with Gasteiger partial charge in [0.2, 0.25) is 0 Å². The van der Waals surface area contributed by atoms with Gasteiger partial charge in [0.1, 0.15) is 17.3 Å². The maximum atomic E-state index is 13.1. The summed E-state index contributed by atoms with van der Waals surface area (Å²) in [5.74, 6) is -0.445. The minimum atomic E-state index is -0.224. The summed E-state index contributed by atoms with van der Waals surface area (Å²) in [6.45, 7) is 3.56. The molecule has 18 aromatic carbocycles. The monoisotopic (exact) mass is 1600 g/mol. The quantitative estimate of drug-likeness (QED) is 0.0747. The molecule has 4 aromatic heterocycles. The van der Waals surface area contributed by atoms with Gasteiger partial charge in [-0.05, 0) is 235 Å². The molecular formula is C107H83Cl2F2N9. The first-order chi connectivity index (χ1) is 58.4. The first-order valence-electron chi connectivity index (χ1n) is 39.4. The average molecular weight is 1600 g/mol. The lowest BCUT2D eigenvalue weighted by Gasteiger charge is -2.09. The van der Waals surface area contributed by atoms with Gasteiger partial charge in [0.25, 0.3) is 0 Å². The molecule has 0 atom stereocenters. The molecule has 0 saturated heterocycles. The number of aromatic nitrogens is 4. The van der Waals surface area contributed by atoms with E-state index in [0.29, 0.717) is 11.6 Å². The number of aryl methyl sites for hydroxylation is 1. The molecule has 0 spiro atoms. The lowest BCUT2D eigenvalue weighted by molar-refractivity contribution is -0.475. The summed E-state index contributed by atoms with van der Waals surface area (Å²) in [4.78, 5) is 18.0. The minimum Gasteiger partial charge on any atom is -1.00 e. The Morgan fingerprint density at radius 1 is 0.300 bits per heavy atom. The molecule has 0 fully saturated rings. The van der Waals surface area contributed by atoms with Gasteiger partial charge in [-0.3, -0.25) is 15.3 Å². The molecule has 0 radical (unpaired) electrons. The number of nitrogens with two attached hydrogens (primary N) is 3. The molecule has 22 rings (SSSR count). The molecular weight excluding hydrogens is 1520 g/mol. The van der Waals surface area contributed by atoms with Gasteiger partial charge in [0.05, 0.1) is 43.9 Å². The van der Waals surface area contributed by atoms with Crippen LogP contribution < -0.4 is 39.8 Å². The Morgan fingerprint density at radius 3 is 1.19 bits per heavy atom. The third-order valence-corrected chi connectivity index (χ3v) is 20.9. The second-order valence-corrected chi connectivity index (χ2v) is 29.4. The molecule has 584 valence electrons. The van der Waals surface area contributed by atoms with Crippen LogP contribution in [0.4, 0.5) is 42.9 Å². The number of hydrogen-bond donors (Lipinski definition) is 5. The Balaban J connectivity index is 0.000000110. The predicted octanol–water partition coefficient (Wildman–Crippen LogP) is 24.4. The predicted molar refractivity (Wildman–Crippen MR) is 500 cm³/mol. The van der Waals surface area contributed by atoms with Crippen LogP contribution >= 0.6 is 11.6 Å². The van der Waals surface area contributed by atoms with Crippen molar-refractivity contribution in [3.63, 3.8) is 0 Å². The number of nitrogens with zero attached hydrogens (tertiary/aromatic N) is 4. The van der Waals surface area contributed by atoms with E-state index in [1.54, 1.807) is 30.5 Å². The van der Waals surface area contributed by atoms with Gasteiger partial charge in [-0.25, -0.2) is 18.7 Å². The zero-order chi connectivity index (χ0) is 81.2. The van der Waals surface area contributed by atoms with E-state index >= 15 is 0 Å². The molecule has 0 saturated carbocycles. The highest BCUT2D eigenvalue weighted by molar-refractivity contribution is 6.31. The molecule has 9 nitrogen and oxygen atoms in total. The summed E-state index contributed by atoms with van der Waals surface area (Å²) in [5, 5.41) is 31.4. The number of pyridine rings is 4. The van der Waals surface area contributed by atoms with E-state index in [-0.39, 0.29) is 24.0 Å². The van der Waals surface area contributed by atoms with Crippen molar-refractivity contribution in [1.82, 2.24) is 19.9 Å². The number of para-hydroxylation sites is 5. The van der Waals surface area contributed by atoms with Crippen molar-refractivity contribution in [3.05, 3.63) is 446 Å². The minimum absolute atomic E-state index is 0. The standard InChI is InChI=1S/C19H13FN2.C17H16N2.C16H12ClFN2.2C14H11N.C14H10.C13H9N.ClH/c20-13-9-11-14(12-10-13)21-19-15-5-1-3-7-17(15)22-18-8-4-2-6-16(18)19;1-13-6-8-14(9-7-13)12-19-17-10-11-18-16-5-3-2-4-15(16)17;17-12-3-6-14-15(7-8-19-16(14)9-12)20-10-11-1-4-13(18)5-2-11;15-14-7-3-6-12-8-10-4-1-2-5-11(10)9-13(12)14;15-14-6-5-12-7-10-3-1-2-4-11(10)8-13(12)9-14;1-2-6-12-10-14-8-4-3-7-13(14)9-11(12)5-1;1-3-7-12-10(5-1)9-11-6-2-4-8-13(11)14-12;/h1-12H,(H,21,22);2-11H,12H2,1H3,(H,18,19);1-9H,10H2,(H,19,20);2*1-9H,15H2;1-10H;1-9H;1H. The zero-order valence-corrected chi connectivity index (χ0v) is 67.2. The molecule has 4 heterocycles. The van der Waals surface area contributed by atoms with Crippen LogP contribution in [0.1, 0.15) is 16.7 Å². The third-order valence-electron chi connectivity index (χ3n) is 20.7. The van der Waals surface area contributed by atoms with Crippen molar-refractivity contribution in [3.8, 4) is 0 Å². The van der Waals surface area contributed by atoms with Crippen LogP contribution in [0.15, 0.2) is 413 Å². The molecule has 0 aliphatic rings. The first-order valence-corrected chi connectivity index (χ1v) is 39.8. The third kappa shape index (κ3) is 20.0. The van der Waals surface area contributed by atoms with E-state index in [0.717, 1.165) is 106 Å². The van der Waals surface area contributed by atoms with Crippen LogP contribution in [-0.2, 0) is 13.1 Å². The van der Waals surface area contributed by atoms with Crippen molar-refractivity contribution < 1.29 is 26.5 Å². The Hall–Kier alpha value is -14.7. The van der Waals surface area contributed by atoms with Crippen molar-refractivity contribution >= 4 is 176 Å². The van der Waals surface area contributed by atoms with Gasteiger partial charge in [-0.1, -0.05) is 248 Å². The first kappa shape index (κ1) is 80.5. The van der Waals surface area contributed by atoms with Crippen LogP contribution in [0, 0.1) is 18.6 Å². The lowest BCUT2D eigenvalue weighted by atomic mass is 10.0. The molecule has 120 heavy (non-hydrogen) atoms. The lowest BCUT2D eigenvalue weighted by Crippen LogP contribution is -3.00. The van der Waals surface area contributed by atoms with Crippen LogP contribution in [0.5, 0.6) is 0 Å². The molecule has 0 amide bonds. The zero-order valence-electron chi connectivity index (χ0n) is 65.7. The second-order valence-electron chi connectivity index (χ2n) is 29.0. The highest BCUT2D eigenvalue weighted by Gasteiger charge is 2.14. The van der Waals surface area contributed by atoms with Crippen LogP contribution in [-0.4, -0.2) is 19.9 Å². The van der Waals surface area contributed by atoms with Crippen LogP contribution in [0.3, 0.4) is 0 Å². The van der Waals surface area contributed by atoms with E-state index < -0.39 is 0 Å². The summed E-state index contributed by atoms with van der Waals surface area (Å²) in [6, 6.07) is 133. The van der Waals surface area contributed by atoms with Gasteiger partial charge >= 0.3 is 0 Å². The van der Waals surface area contributed by atoms with E-state index in [9.17, 15) is 8.78 Å². The van der Waals surface area contributed by atoms with Crippen LogP contribution in [0.25, 0.3) is 130 Å². The summed E-state index contributed by atoms with van der Waals surface area (Å²) in [5.41, 5.74) is 27.1. The molecule has 8 N–H and O–H groups in total. The van der Waals surface area contributed by atoms with Gasteiger partial charge in [0.15, 0.2) is 5.69 Å². The summed E-state index contributed by atoms with van der Waals surface area (Å²) >= 11 is 5.96. The highest BCUT2D eigenvalue weighted by Crippen LogP contribution is 2.32. The number of anilines is 4. The number of halogens is 4. The highest BCUT2D eigenvalue weighted by atomic mass is 35.5. The topological polar surface area (TPSA) is 144 Å². The Labute approximate surface area is 705 Å². The van der Waals surface area contributed by atoms with Crippen molar-refractivity contribution in [2.45, 2.75) is 20.0 Å². The maximum Gasteiger partial charge on any atom is 0.153 e. The van der Waals surface area contributed by atoms with Crippen molar-refractivity contribution in [2.75, 3.05) is 22.1 Å². The van der Waals surface area contributed by atoms with Gasteiger partial charge < -0.3 is 34.5 Å². The van der Waals surface area contributed by atoms with E-state index in [4.69, 9.17) is 28.1 Å². The Bertz CT molecular complexity index is 6920. The largest absolute Gasteiger partial charge is 1.00 e. The number of hydrogen-bond acceptors (Lipinski definition) is 8. The van der Waals surface area contributed by atoms with Crippen molar-refractivity contribution in [2.24, 2.45) is 0 Å². The fourth-order valence-electron chi connectivity index (χ4n) is 14.5. The molecule has 0 bridgehead atoms. The number of rotatable bonds is 8. The molecule has 0 aliphatic carbocycles. The van der Waals surface area contributed by atoms with Crippen LogP contribution in [0.2, 0.25) is 5.02 Å². The number of nitrogen functional groups attached to an aromatic ring is 2. The summed E-state index contributed by atoms with van der Waals surface area (Å²) < 4.78 is 26.0. The fraction of sp³-hybridized carbons (Fsp3) is 0.0280. The van der Waals surface area contributed by atoms with Gasteiger partial charge in [-0.15, -0.1) is 0 Å². The maximum absolute atomic E-state index is 13.1. The number of fused-ring (bicyclic) bond motifs is 12. The number of quaternary nitrogens is 1. The van der Waals surface area contributed by atoms with E-state index in [1.165, 1.54) is 105 Å². The number of benzene rings is 18. The summed E-state index contributed by atoms with van der Waals surface area (Å²) in [6.07, 6.45) is 3.59. The normalized spacial score (nSPS) is 10.8. The van der Waals surface area contributed by atoms with Gasteiger partial charge in [-0.2, -0.15) is 0 Å². The Morgan fingerprint density at radius 2 is 0.675 bits per heavy atom. The van der Waals surface area contributed by atoms with E-state index in [1.807, 2.05) is 158 Å². The smallest absolute Gasteiger partial charge is 0.153 e. The second kappa shape index (κ2) is 38.4. The Kier molecular flexibility index (Phi) is 25.7.